The van der Waals surface area contributed by atoms with Crippen LogP contribution in [0.2, 0.25) is 5.02 Å². The summed E-state index contributed by atoms with van der Waals surface area (Å²) in [5.41, 5.74) is 2.32. The summed E-state index contributed by atoms with van der Waals surface area (Å²) in [6, 6.07) is 12.1. The van der Waals surface area contributed by atoms with E-state index in [-0.39, 0.29) is 4.83 Å². The van der Waals surface area contributed by atoms with Gasteiger partial charge in [-0.25, -0.2) is 0 Å². The van der Waals surface area contributed by atoms with Crippen molar-refractivity contribution in [1.82, 2.24) is 0 Å². The van der Waals surface area contributed by atoms with E-state index in [2.05, 4.69) is 73.5 Å². The molecule has 0 aromatic heterocycles. The van der Waals surface area contributed by atoms with E-state index in [0.717, 1.165) is 39.4 Å². The lowest BCUT2D eigenvalue weighted by Gasteiger charge is -2.15. The number of hydrogen-bond acceptors (Lipinski definition) is 1. The molecule has 2 aromatic rings. The number of rotatable bonds is 5. The third kappa shape index (κ3) is 4.60. The van der Waals surface area contributed by atoms with E-state index in [0.29, 0.717) is 0 Å². The lowest BCUT2D eigenvalue weighted by molar-refractivity contribution is 0.315. The van der Waals surface area contributed by atoms with Crippen molar-refractivity contribution in [3.05, 3.63) is 60.6 Å². The monoisotopic (exact) mass is 542 g/mol. The Morgan fingerprint density at radius 2 is 2.00 bits per heavy atom. The molecule has 0 aliphatic heterocycles. The van der Waals surface area contributed by atoms with Gasteiger partial charge in [-0.15, -0.1) is 0 Å². The Kier molecular flexibility index (Phi) is 6.84. The minimum absolute atomic E-state index is 0.0969. The highest BCUT2D eigenvalue weighted by Crippen LogP contribution is 2.38. The molecule has 0 radical (unpaired) electrons. The van der Waals surface area contributed by atoms with Gasteiger partial charge in [0.15, 0.2) is 0 Å². The summed E-state index contributed by atoms with van der Waals surface area (Å²) in [7, 11) is 0. The van der Waals surface area contributed by atoms with Gasteiger partial charge in [0.1, 0.15) is 5.75 Å². The summed E-state index contributed by atoms with van der Waals surface area (Å²) < 4.78 is 7.83. The first-order valence-corrected chi connectivity index (χ1v) is 9.70. The molecule has 0 saturated carbocycles. The summed E-state index contributed by atoms with van der Waals surface area (Å²) >= 11 is 15.8. The molecule has 0 saturated heterocycles. The van der Waals surface area contributed by atoms with Crippen LogP contribution in [0, 0.1) is 3.57 Å². The zero-order valence-corrected chi connectivity index (χ0v) is 17.5. The van der Waals surface area contributed by atoms with E-state index in [1.807, 2.05) is 24.3 Å². The largest absolute Gasteiger partial charge is 0.492 e. The van der Waals surface area contributed by atoms with Crippen molar-refractivity contribution in [1.29, 1.82) is 0 Å². The Labute approximate surface area is 160 Å². The fourth-order valence-corrected chi connectivity index (χ4v) is 4.32. The van der Waals surface area contributed by atoms with Crippen LogP contribution in [0.25, 0.3) is 0 Å². The average Bonchev–Trinajstić information content (AvgIpc) is 2.47. The minimum atomic E-state index is 0.0969. The van der Waals surface area contributed by atoms with Crippen LogP contribution in [0.3, 0.4) is 0 Å². The molecular formula is C16H14Br2ClIO. The Balaban J connectivity index is 2.29. The highest BCUT2D eigenvalue weighted by Gasteiger charge is 2.15. The average molecular weight is 544 g/mol. The van der Waals surface area contributed by atoms with Crippen molar-refractivity contribution in [2.24, 2.45) is 0 Å². The highest BCUT2D eigenvalue weighted by atomic mass is 127. The van der Waals surface area contributed by atoms with Crippen molar-refractivity contribution in [2.75, 3.05) is 6.61 Å². The number of halogens is 4. The van der Waals surface area contributed by atoms with Gasteiger partial charge in [-0.1, -0.05) is 40.5 Å². The molecule has 0 spiro atoms. The molecule has 0 fully saturated rings. The predicted octanol–water partition coefficient (Wildman–Crippen LogP) is 6.98. The molecule has 0 heterocycles. The van der Waals surface area contributed by atoms with E-state index in [4.69, 9.17) is 16.3 Å². The maximum Gasteiger partial charge on any atom is 0.133 e. The molecule has 1 atom stereocenters. The topological polar surface area (TPSA) is 9.23 Å². The predicted molar refractivity (Wildman–Crippen MR) is 105 cm³/mol. The van der Waals surface area contributed by atoms with Crippen molar-refractivity contribution >= 4 is 66.1 Å². The minimum Gasteiger partial charge on any atom is -0.492 e. The summed E-state index contributed by atoms with van der Waals surface area (Å²) in [4.78, 5) is 0.0969. The third-order valence-corrected chi connectivity index (χ3v) is 5.80. The van der Waals surface area contributed by atoms with E-state index in [1.54, 1.807) is 0 Å². The van der Waals surface area contributed by atoms with Gasteiger partial charge in [-0.2, -0.15) is 0 Å². The van der Waals surface area contributed by atoms with Gasteiger partial charge >= 0.3 is 0 Å². The summed E-state index contributed by atoms with van der Waals surface area (Å²) in [6.45, 7) is 2.82. The molecule has 0 bridgehead atoms. The summed E-state index contributed by atoms with van der Waals surface area (Å²) in [5, 5.41) is 0.747. The van der Waals surface area contributed by atoms with Crippen molar-refractivity contribution in [3.63, 3.8) is 0 Å². The highest BCUT2D eigenvalue weighted by molar-refractivity contribution is 14.1. The Bertz CT molecular complexity index is 634. The van der Waals surface area contributed by atoms with Gasteiger partial charge in [0, 0.05) is 8.59 Å². The number of benzene rings is 2. The molecular weight excluding hydrogens is 530 g/mol. The number of alkyl halides is 1. The van der Waals surface area contributed by atoms with E-state index in [1.165, 1.54) is 3.57 Å². The second kappa shape index (κ2) is 8.18. The van der Waals surface area contributed by atoms with Crippen LogP contribution in [0.15, 0.2) is 40.9 Å². The third-order valence-electron chi connectivity index (χ3n) is 2.94. The summed E-state index contributed by atoms with van der Waals surface area (Å²) in [5.74, 6) is 0.876. The molecule has 0 amide bonds. The van der Waals surface area contributed by atoms with Crippen molar-refractivity contribution in [2.45, 2.75) is 18.2 Å². The van der Waals surface area contributed by atoms with Crippen LogP contribution in [-0.2, 0) is 0 Å². The molecule has 0 aliphatic carbocycles. The first kappa shape index (κ1) is 17.6. The Hall–Kier alpha value is 0.220. The Morgan fingerprint density at radius 1 is 1.24 bits per heavy atom. The first-order chi connectivity index (χ1) is 10.0. The van der Waals surface area contributed by atoms with Crippen molar-refractivity contribution in [3.8, 4) is 5.75 Å². The van der Waals surface area contributed by atoms with Gasteiger partial charge in [-0.05, 0) is 86.4 Å². The fraction of sp³-hybridized carbons (Fsp3) is 0.250. The van der Waals surface area contributed by atoms with Crippen LogP contribution in [0.4, 0.5) is 0 Å². The van der Waals surface area contributed by atoms with E-state index >= 15 is 0 Å². The van der Waals surface area contributed by atoms with Gasteiger partial charge in [0.25, 0.3) is 0 Å². The smallest absolute Gasteiger partial charge is 0.133 e. The molecule has 1 nitrogen and oxygen atoms in total. The molecule has 0 N–H and O–H groups in total. The second-order valence-electron chi connectivity index (χ2n) is 4.57. The maximum atomic E-state index is 6.11. The van der Waals surface area contributed by atoms with Crippen LogP contribution in [0.1, 0.15) is 29.3 Å². The van der Waals surface area contributed by atoms with Crippen LogP contribution >= 0.6 is 66.1 Å². The van der Waals surface area contributed by atoms with Crippen LogP contribution in [0.5, 0.6) is 5.75 Å². The molecule has 2 aromatic carbocycles. The lowest BCUT2D eigenvalue weighted by Crippen LogP contribution is -1.99. The molecule has 5 heteroatoms. The lowest BCUT2D eigenvalue weighted by atomic mass is 10.0. The standard InChI is InChI=1S/C16H14Br2ClIO/c1-2-7-21-15-6-3-10(8-13(15)17)16(18)12-9-11(19)4-5-14(12)20/h3-6,8-9,16H,2,7H2,1H3. The van der Waals surface area contributed by atoms with Crippen LogP contribution < -0.4 is 4.74 Å². The quantitative estimate of drug-likeness (QED) is 0.292. The molecule has 0 aliphatic rings. The normalized spacial score (nSPS) is 12.2. The van der Waals surface area contributed by atoms with Crippen molar-refractivity contribution < 1.29 is 4.74 Å². The maximum absolute atomic E-state index is 6.11. The Morgan fingerprint density at radius 3 is 2.67 bits per heavy atom. The first-order valence-electron chi connectivity index (χ1n) is 6.54. The van der Waals surface area contributed by atoms with Gasteiger partial charge in [0.2, 0.25) is 0 Å². The second-order valence-corrected chi connectivity index (χ2v) is 7.94. The SMILES string of the molecule is CCCOc1ccc(C(Br)c2cc(Cl)ccc2I)cc1Br. The van der Waals surface area contributed by atoms with Gasteiger partial charge in [0.05, 0.1) is 15.9 Å². The fourth-order valence-electron chi connectivity index (χ4n) is 1.89. The van der Waals surface area contributed by atoms with Gasteiger partial charge < -0.3 is 4.74 Å². The number of hydrogen-bond donors (Lipinski definition) is 0. The van der Waals surface area contributed by atoms with Gasteiger partial charge in [-0.3, -0.25) is 0 Å². The van der Waals surface area contributed by atoms with E-state index < -0.39 is 0 Å². The number of ether oxygens (including phenoxy) is 1. The van der Waals surface area contributed by atoms with Crippen LogP contribution in [-0.4, -0.2) is 6.61 Å². The molecule has 2 rings (SSSR count). The molecule has 1 unspecified atom stereocenters. The zero-order chi connectivity index (χ0) is 15.4. The molecule has 21 heavy (non-hydrogen) atoms. The summed E-state index contributed by atoms with van der Waals surface area (Å²) in [6.07, 6.45) is 0.996. The zero-order valence-electron chi connectivity index (χ0n) is 11.4. The molecule has 112 valence electrons. The van der Waals surface area contributed by atoms with E-state index in [9.17, 15) is 0 Å².